The average molecular weight is 218 g/mol. The Morgan fingerprint density at radius 1 is 1.44 bits per heavy atom. The zero-order chi connectivity index (χ0) is 11.7. The number of nitrogens with zero attached hydrogens (tertiary/aromatic N) is 4. The predicted octanol–water partition coefficient (Wildman–Crippen LogP) is 0.977. The summed E-state index contributed by atoms with van der Waals surface area (Å²) < 4.78 is 1.42. The highest BCUT2D eigenvalue weighted by atomic mass is 16.4. The Hall–Kier alpha value is -2.24. The molecule has 0 radical (unpaired) electrons. The fraction of sp³-hybridized carbons (Fsp3) is 0.200. The van der Waals surface area contributed by atoms with Crippen LogP contribution in [0.2, 0.25) is 0 Å². The van der Waals surface area contributed by atoms with Crippen molar-refractivity contribution in [3.05, 3.63) is 35.3 Å². The molecule has 1 N–H and O–H groups in total. The number of hydrogen-bond acceptors (Lipinski definition) is 4. The summed E-state index contributed by atoms with van der Waals surface area (Å²) >= 11 is 0. The van der Waals surface area contributed by atoms with Crippen LogP contribution in [0.3, 0.4) is 0 Å². The van der Waals surface area contributed by atoms with Gasteiger partial charge in [0.25, 0.3) is 0 Å². The van der Waals surface area contributed by atoms with Crippen molar-refractivity contribution in [2.45, 2.75) is 13.8 Å². The number of aryl methyl sites for hydroxylation is 2. The molecule has 0 aromatic carbocycles. The summed E-state index contributed by atoms with van der Waals surface area (Å²) in [7, 11) is 0. The first-order valence-corrected chi connectivity index (χ1v) is 4.67. The van der Waals surface area contributed by atoms with E-state index in [2.05, 4.69) is 15.3 Å². The fourth-order valence-corrected chi connectivity index (χ4v) is 1.35. The first-order chi connectivity index (χ1) is 7.58. The van der Waals surface area contributed by atoms with E-state index in [9.17, 15) is 4.79 Å². The van der Waals surface area contributed by atoms with Crippen LogP contribution in [0.4, 0.5) is 0 Å². The van der Waals surface area contributed by atoms with Gasteiger partial charge in [0, 0.05) is 6.20 Å². The Morgan fingerprint density at radius 3 is 2.75 bits per heavy atom. The first kappa shape index (κ1) is 10.3. The molecule has 2 aromatic heterocycles. The van der Waals surface area contributed by atoms with Crippen LogP contribution in [0.5, 0.6) is 0 Å². The van der Waals surface area contributed by atoms with Crippen LogP contribution in [-0.4, -0.2) is 31.1 Å². The zero-order valence-electron chi connectivity index (χ0n) is 8.88. The SMILES string of the molecule is Cc1cnnc(-n2cc(C(=O)O)c(C)n2)c1. The quantitative estimate of drug-likeness (QED) is 0.812. The first-order valence-electron chi connectivity index (χ1n) is 4.67. The van der Waals surface area contributed by atoms with E-state index in [0.717, 1.165) is 5.56 Å². The molecule has 2 heterocycles. The lowest BCUT2D eigenvalue weighted by atomic mass is 10.3. The van der Waals surface area contributed by atoms with Gasteiger partial charge in [-0.3, -0.25) is 0 Å². The fourth-order valence-electron chi connectivity index (χ4n) is 1.35. The van der Waals surface area contributed by atoms with Crippen LogP contribution in [-0.2, 0) is 0 Å². The number of carboxylic acid groups (broad SMARTS) is 1. The number of aromatic nitrogens is 4. The number of aromatic carboxylic acids is 1. The van der Waals surface area contributed by atoms with Gasteiger partial charge >= 0.3 is 5.97 Å². The van der Waals surface area contributed by atoms with Gasteiger partial charge in [-0.15, -0.1) is 5.10 Å². The Balaban J connectivity index is 2.49. The van der Waals surface area contributed by atoms with Crippen molar-refractivity contribution < 1.29 is 9.90 Å². The van der Waals surface area contributed by atoms with Crippen LogP contribution in [0.25, 0.3) is 5.82 Å². The summed E-state index contributed by atoms with van der Waals surface area (Å²) in [4.78, 5) is 10.8. The molecule has 0 aliphatic rings. The van der Waals surface area contributed by atoms with Crippen LogP contribution in [0.1, 0.15) is 21.6 Å². The van der Waals surface area contributed by atoms with E-state index in [1.165, 1.54) is 10.9 Å². The molecule has 6 heteroatoms. The molecule has 0 spiro atoms. The van der Waals surface area contributed by atoms with Crippen LogP contribution in [0, 0.1) is 13.8 Å². The predicted molar refractivity (Wildman–Crippen MR) is 55.6 cm³/mol. The van der Waals surface area contributed by atoms with E-state index >= 15 is 0 Å². The molecular weight excluding hydrogens is 208 g/mol. The standard InChI is InChI=1S/C10H10N4O2/c1-6-3-9(12-11-4-6)14-5-8(10(15)16)7(2)13-14/h3-5H,1-2H3,(H,15,16). The van der Waals surface area contributed by atoms with Gasteiger partial charge in [-0.05, 0) is 25.5 Å². The third-order valence-corrected chi connectivity index (χ3v) is 2.14. The summed E-state index contributed by atoms with van der Waals surface area (Å²) in [6.45, 7) is 3.52. The van der Waals surface area contributed by atoms with E-state index < -0.39 is 5.97 Å². The summed E-state index contributed by atoms with van der Waals surface area (Å²) in [6.07, 6.45) is 3.05. The van der Waals surface area contributed by atoms with Crippen molar-refractivity contribution in [2.24, 2.45) is 0 Å². The van der Waals surface area contributed by atoms with Crippen molar-refractivity contribution in [3.63, 3.8) is 0 Å². The van der Waals surface area contributed by atoms with Gasteiger partial charge in [-0.2, -0.15) is 10.2 Å². The molecule has 0 unspecified atom stereocenters. The molecule has 0 saturated carbocycles. The topological polar surface area (TPSA) is 80.9 Å². The maximum atomic E-state index is 10.8. The minimum Gasteiger partial charge on any atom is -0.478 e. The minimum absolute atomic E-state index is 0.170. The second kappa shape index (κ2) is 3.73. The van der Waals surface area contributed by atoms with E-state index in [4.69, 9.17) is 5.11 Å². The van der Waals surface area contributed by atoms with Crippen molar-refractivity contribution in [1.82, 2.24) is 20.0 Å². The molecule has 0 aliphatic heterocycles. The molecule has 0 aliphatic carbocycles. The maximum Gasteiger partial charge on any atom is 0.339 e. The van der Waals surface area contributed by atoms with Gasteiger partial charge in [-0.1, -0.05) is 0 Å². The molecule has 82 valence electrons. The molecule has 0 saturated heterocycles. The average Bonchev–Trinajstić information content (AvgIpc) is 2.60. The monoisotopic (exact) mass is 218 g/mol. The second-order valence-corrected chi connectivity index (χ2v) is 3.47. The lowest BCUT2D eigenvalue weighted by Crippen LogP contribution is -2.00. The van der Waals surface area contributed by atoms with Crippen LogP contribution in [0.15, 0.2) is 18.5 Å². The highest BCUT2D eigenvalue weighted by Gasteiger charge is 2.13. The lowest BCUT2D eigenvalue weighted by molar-refractivity contribution is 0.0696. The molecule has 2 rings (SSSR count). The van der Waals surface area contributed by atoms with E-state index in [-0.39, 0.29) is 5.56 Å². The molecule has 16 heavy (non-hydrogen) atoms. The second-order valence-electron chi connectivity index (χ2n) is 3.47. The number of hydrogen-bond donors (Lipinski definition) is 1. The molecule has 0 amide bonds. The van der Waals surface area contributed by atoms with Gasteiger partial charge in [0.15, 0.2) is 5.82 Å². The Bertz CT molecular complexity index is 548. The van der Waals surface area contributed by atoms with Crippen molar-refractivity contribution in [1.29, 1.82) is 0 Å². The summed E-state index contributed by atoms with van der Waals surface area (Å²) in [6, 6.07) is 1.78. The smallest absolute Gasteiger partial charge is 0.339 e. The van der Waals surface area contributed by atoms with Gasteiger partial charge < -0.3 is 5.11 Å². The summed E-state index contributed by atoms with van der Waals surface area (Å²) in [5, 5.41) is 20.6. The summed E-state index contributed by atoms with van der Waals surface area (Å²) in [5.74, 6) is -0.486. The molecule has 0 bridgehead atoms. The van der Waals surface area contributed by atoms with Crippen LogP contribution < -0.4 is 0 Å². The molecule has 6 nitrogen and oxygen atoms in total. The molecular formula is C10H10N4O2. The third-order valence-electron chi connectivity index (χ3n) is 2.14. The van der Waals surface area contributed by atoms with E-state index in [1.807, 2.05) is 6.92 Å². The largest absolute Gasteiger partial charge is 0.478 e. The Labute approximate surface area is 91.6 Å². The highest BCUT2D eigenvalue weighted by Crippen LogP contribution is 2.10. The van der Waals surface area contributed by atoms with Gasteiger partial charge in [0.1, 0.15) is 5.56 Å². The Kier molecular flexibility index (Phi) is 2.40. The number of carbonyl (C=O) groups is 1. The van der Waals surface area contributed by atoms with E-state index in [0.29, 0.717) is 11.5 Å². The highest BCUT2D eigenvalue weighted by molar-refractivity contribution is 5.88. The van der Waals surface area contributed by atoms with E-state index in [1.54, 1.807) is 19.2 Å². The minimum atomic E-state index is -0.996. The van der Waals surface area contributed by atoms with Gasteiger partial charge in [0.2, 0.25) is 0 Å². The van der Waals surface area contributed by atoms with Crippen molar-refractivity contribution in [2.75, 3.05) is 0 Å². The molecule has 0 fully saturated rings. The lowest BCUT2D eigenvalue weighted by Gasteiger charge is -1.98. The van der Waals surface area contributed by atoms with Crippen LogP contribution >= 0.6 is 0 Å². The third kappa shape index (κ3) is 1.77. The van der Waals surface area contributed by atoms with Gasteiger partial charge in [0.05, 0.1) is 11.9 Å². The zero-order valence-corrected chi connectivity index (χ0v) is 8.88. The summed E-state index contributed by atoms with van der Waals surface area (Å²) in [5.41, 5.74) is 1.56. The maximum absolute atomic E-state index is 10.8. The van der Waals surface area contributed by atoms with Crippen molar-refractivity contribution in [3.8, 4) is 5.82 Å². The normalized spacial score (nSPS) is 10.4. The van der Waals surface area contributed by atoms with Crippen molar-refractivity contribution >= 4 is 5.97 Å². The number of rotatable bonds is 2. The Morgan fingerprint density at radius 2 is 2.19 bits per heavy atom. The molecule has 0 atom stereocenters. The molecule has 2 aromatic rings. The number of carboxylic acids is 1. The van der Waals surface area contributed by atoms with Gasteiger partial charge in [-0.25, -0.2) is 9.48 Å².